The van der Waals surface area contributed by atoms with Gasteiger partial charge < -0.3 is 0 Å². The molecule has 0 aliphatic carbocycles. The third-order valence-electron chi connectivity index (χ3n) is 2.55. The summed E-state index contributed by atoms with van der Waals surface area (Å²) in [7, 11) is 1.28. The van der Waals surface area contributed by atoms with Gasteiger partial charge in [0.25, 0.3) is 0 Å². The fourth-order valence-corrected chi connectivity index (χ4v) is 3.01. The Morgan fingerprint density at radius 3 is 2.90 bits per heavy atom. The molecule has 0 bridgehead atoms. The zero-order valence-corrected chi connectivity index (χ0v) is 14.3. The van der Waals surface area contributed by atoms with Crippen LogP contribution in [0.1, 0.15) is 10.4 Å². The van der Waals surface area contributed by atoms with E-state index in [9.17, 15) is 9.59 Å². The fourth-order valence-electron chi connectivity index (χ4n) is 1.61. The van der Waals surface area contributed by atoms with Gasteiger partial charge in [0.05, 0.1) is 0 Å². The van der Waals surface area contributed by atoms with Crippen LogP contribution in [0.4, 0.5) is 0 Å². The van der Waals surface area contributed by atoms with E-state index in [1.54, 1.807) is 6.20 Å². The summed E-state index contributed by atoms with van der Waals surface area (Å²) in [5.74, 6) is -0.592. The summed E-state index contributed by atoms with van der Waals surface area (Å²) >= 11 is 2.23. The number of fused-ring (bicyclic) bond motifs is 1. The van der Waals surface area contributed by atoms with E-state index in [1.807, 2.05) is 24.3 Å². The van der Waals surface area contributed by atoms with Crippen molar-refractivity contribution >= 4 is 37.6 Å². The number of carbonyl (C=O) groups is 2. The van der Waals surface area contributed by atoms with Crippen LogP contribution in [0.5, 0.6) is 0 Å². The van der Waals surface area contributed by atoms with Gasteiger partial charge >= 0.3 is 131 Å². The number of hydrogen-bond acceptors (Lipinski definition) is 4. The number of benzene rings is 1. The average Bonchev–Trinajstić information content (AvgIpc) is 2.90. The van der Waals surface area contributed by atoms with Crippen LogP contribution in [-0.2, 0) is 28.9 Å². The number of ketones is 1. The zero-order valence-electron chi connectivity index (χ0n) is 10.5. The third kappa shape index (κ3) is 3.35. The van der Waals surface area contributed by atoms with E-state index >= 15 is 0 Å². The molecule has 6 heteroatoms. The Bertz CT molecular complexity index is 705. The van der Waals surface area contributed by atoms with E-state index in [2.05, 4.69) is 15.8 Å². The van der Waals surface area contributed by atoms with E-state index in [1.165, 1.54) is 24.3 Å². The monoisotopic (exact) mass is 456 g/mol. The summed E-state index contributed by atoms with van der Waals surface area (Å²) in [5, 5.41) is 2.35. The van der Waals surface area contributed by atoms with E-state index in [-0.39, 0.29) is 5.78 Å². The quantitative estimate of drug-likeness (QED) is 0.325. The second-order valence-corrected chi connectivity index (χ2v) is 7.11. The number of methoxy groups -OCH3 is 1. The Hall–Kier alpha value is -1.45. The summed E-state index contributed by atoms with van der Waals surface area (Å²) in [6, 6.07) is 7.64. The van der Waals surface area contributed by atoms with Gasteiger partial charge in [-0.05, 0) is 0 Å². The van der Waals surface area contributed by atoms with Gasteiger partial charge in [0.15, 0.2) is 0 Å². The van der Waals surface area contributed by atoms with Crippen LogP contribution in [0.15, 0.2) is 35.9 Å². The average molecular weight is 456 g/mol. The SMILES string of the molecule is COC(=O)[C-]=CS[C](=[W])C(=O)c1c[nH]c2ccccc12. The first kappa shape index (κ1) is 14.9. The third-order valence-corrected chi connectivity index (χ3v) is 4.89. The standard InChI is InChI=1S/C14H10NO3S.W/c1-18-14(17)6-7-19-9-13(16)11-8-15-12-5-3-2-4-10(11)12;/h2-5,7-8,15H,1H3;/q-1;. The van der Waals surface area contributed by atoms with Gasteiger partial charge in [0.1, 0.15) is 0 Å². The molecule has 0 radical (unpaired) electrons. The molecule has 1 heterocycles. The Labute approximate surface area is 131 Å². The number of ether oxygens (including phenoxy) is 1. The molecule has 20 heavy (non-hydrogen) atoms. The van der Waals surface area contributed by atoms with Crippen molar-refractivity contribution in [3.8, 4) is 0 Å². The number of hydrogen-bond donors (Lipinski definition) is 1. The van der Waals surface area contributed by atoms with Crippen molar-refractivity contribution in [3.63, 3.8) is 0 Å². The molecule has 0 spiro atoms. The van der Waals surface area contributed by atoms with Crippen LogP contribution in [-0.4, -0.2) is 27.1 Å². The molecule has 4 nitrogen and oxygen atoms in total. The Morgan fingerprint density at radius 1 is 1.40 bits per heavy atom. The van der Waals surface area contributed by atoms with Crippen molar-refractivity contribution in [2.75, 3.05) is 7.11 Å². The number of esters is 1. The number of aromatic nitrogens is 1. The Morgan fingerprint density at radius 2 is 2.15 bits per heavy atom. The molecule has 0 aliphatic heterocycles. The maximum absolute atomic E-state index is 12.3. The van der Waals surface area contributed by atoms with Gasteiger partial charge in [-0.2, -0.15) is 0 Å². The minimum atomic E-state index is -0.556. The molecule has 1 aromatic heterocycles. The molecule has 0 saturated heterocycles. The van der Waals surface area contributed by atoms with E-state index in [0.717, 1.165) is 30.3 Å². The molecule has 0 unspecified atom stereocenters. The molecule has 0 atom stereocenters. The van der Waals surface area contributed by atoms with Gasteiger partial charge in [-0.1, -0.05) is 0 Å². The molecular formula is C14H10NO3SW-. The molecule has 0 fully saturated rings. The number of aromatic amines is 1. The van der Waals surface area contributed by atoms with Crippen LogP contribution >= 0.6 is 11.8 Å². The fraction of sp³-hybridized carbons (Fsp3) is 0.0714. The predicted octanol–water partition coefficient (Wildman–Crippen LogP) is 2.25. The first-order valence-electron chi connectivity index (χ1n) is 5.61. The number of rotatable bonds is 5. The number of nitrogens with one attached hydrogen (secondary N) is 1. The van der Waals surface area contributed by atoms with Crippen LogP contribution in [0, 0.1) is 6.08 Å². The van der Waals surface area contributed by atoms with Gasteiger partial charge in [-0.25, -0.2) is 0 Å². The van der Waals surface area contributed by atoms with Gasteiger partial charge in [-0.3, -0.25) is 0 Å². The maximum atomic E-state index is 12.3. The number of para-hydroxylation sites is 1. The second kappa shape index (κ2) is 6.82. The van der Waals surface area contributed by atoms with E-state index < -0.39 is 5.97 Å². The van der Waals surface area contributed by atoms with Crippen LogP contribution in [0.2, 0.25) is 0 Å². The van der Waals surface area contributed by atoms with E-state index in [4.69, 9.17) is 0 Å². The van der Waals surface area contributed by atoms with Crippen molar-refractivity contribution in [1.29, 1.82) is 0 Å². The summed E-state index contributed by atoms with van der Waals surface area (Å²) in [6.45, 7) is 0. The molecule has 0 amide bonds. The summed E-state index contributed by atoms with van der Waals surface area (Å²) in [5.41, 5.74) is 1.57. The summed E-state index contributed by atoms with van der Waals surface area (Å²) in [4.78, 5) is 26.3. The minimum absolute atomic E-state index is 0.0367. The summed E-state index contributed by atoms with van der Waals surface area (Å²) in [6.07, 6.45) is 4.12. The molecule has 1 aromatic carbocycles. The van der Waals surface area contributed by atoms with Crippen molar-refractivity contribution in [1.82, 2.24) is 4.98 Å². The van der Waals surface area contributed by atoms with Crippen molar-refractivity contribution in [2.24, 2.45) is 0 Å². The van der Waals surface area contributed by atoms with Crippen LogP contribution in [0.25, 0.3) is 10.9 Å². The number of Topliss-reactive ketones (excluding diaryl/α,β-unsaturated/α-hetero) is 1. The normalized spacial score (nSPS) is 10.8. The van der Waals surface area contributed by atoms with Gasteiger partial charge in [0, 0.05) is 0 Å². The summed E-state index contributed by atoms with van der Waals surface area (Å²) < 4.78 is 5.08. The topological polar surface area (TPSA) is 59.2 Å². The van der Waals surface area contributed by atoms with Crippen molar-refractivity contribution in [2.45, 2.75) is 0 Å². The predicted molar refractivity (Wildman–Crippen MR) is 75.1 cm³/mol. The van der Waals surface area contributed by atoms with Crippen molar-refractivity contribution in [3.05, 3.63) is 47.5 Å². The molecule has 2 rings (SSSR count). The Balaban J connectivity index is 2.13. The molecule has 0 saturated carbocycles. The second-order valence-electron chi connectivity index (χ2n) is 3.74. The number of H-pyrrole nitrogens is 1. The van der Waals surface area contributed by atoms with Crippen LogP contribution < -0.4 is 0 Å². The Kier molecular flexibility index (Phi) is 5.10. The van der Waals surface area contributed by atoms with Crippen LogP contribution in [0.3, 0.4) is 0 Å². The number of carbonyl (C=O) groups excluding carboxylic acids is 2. The van der Waals surface area contributed by atoms with Gasteiger partial charge in [-0.15, -0.1) is 0 Å². The molecule has 102 valence electrons. The zero-order chi connectivity index (χ0) is 14.5. The van der Waals surface area contributed by atoms with Crippen molar-refractivity contribution < 1.29 is 33.7 Å². The van der Waals surface area contributed by atoms with E-state index in [0.29, 0.717) is 8.79 Å². The van der Waals surface area contributed by atoms with Gasteiger partial charge in [0.2, 0.25) is 0 Å². The molecule has 1 N–H and O–H groups in total. The first-order valence-corrected chi connectivity index (χ1v) is 7.95. The molecule has 0 aliphatic rings. The number of thioether (sulfide) groups is 1. The first-order chi connectivity index (χ1) is 9.63. The molecular weight excluding hydrogens is 446 g/mol. The molecule has 2 aromatic rings.